The number of nitrogens with one attached hydrogen (secondary N) is 1. The lowest BCUT2D eigenvalue weighted by Crippen LogP contribution is -2.48. The molecule has 2 unspecified atom stereocenters. The zero-order valence-corrected chi connectivity index (χ0v) is 20.7. The summed E-state index contributed by atoms with van der Waals surface area (Å²) in [6.45, 7) is 14.3. The predicted molar refractivity (Wildman–Crippen MR) is 128 cm³/mol. The molecular formula is C20H38IN7O. The molecule has 1 aromatic rings. The maximum atomic E-state index is 5.98. The van der Waals surface area contributed by atoms with Gasteiger partial charge in [0.1, 0.15) is 6.10 Å². The van der Waals surface area contributed by atoms with Gasteiger partial charge in [0.2, 0.25) is 0 Å². The lowest BCUT2D eigenvalue weighted by Gasteiger charge is -2.35. The van der Waals surface area contributed by atoms with Crippen LogP contribution in [-0.4, -0.2) is 103 Å². The number of aryl methyl sites for hydroxylation is 1. The first-order valence-electron chi connectivity index (χ1n) is 10.6. The minimum Gasteiger partial charge on any atom is -0.370 e. The Labute approximate surface area is 192 Å². The van der Waals surface area contributed by atoms with Gasteiger partial charge in [-0.1, -0.05) is 6.92 Å². The molecule has 0 saturated carbocycles. The molecule has 2 aliphatic heterocycles. The van der Waals surface area contributed by atoms with Crippen molar-refractivity contribution in [2.45, 2.75) is 20.0 Å². The van der Waals surface area contributed by atoms with E-state index >= 15 is 0 Å². The molecule has 9 heteroatoms. The Morgan fingerprint density at radius 3 is 2.69 bits per heavy atom. The van der Waals surface area contributed by atoms with E-state index in [1.807, 2.05) is 24.1 Å². The van der Waals surface area contributed by atoms with Crippen molar-refractivity contribution < 1.29 is 4.74 Å². The van der Waals surface area contributed by atoms with Gasteiger partial charge in [-0.15, -0.1) is 24.0 Å². The fourth-order valence-corrected chi connectivity index (χ4v) is 3.85. The van der Waals surface area contributed by atoms with Gasteiger partial charge in [0.25, 0.3) is 0 Å². The molecule has 2 atom stereocenters. The van der Waals surface area contributed by atoms with Crippen molar-refractivity contribution in [2.24, 2.45) is 18.0 Å². The highest BCUT2D eigenvalue weighted by Crippen LogP contribution is 2.21. The molecule has 0 aromatic carbocycles. The van der Waals surface area contributed by atoms with Crippen molar-refractivity contribution in [2.75, 3.05) is 72.6 Å². The van der Waals surface area contributed by atoms with Crippen LogP contribution in [0.15, 0.2) is 17.4 Å². The predicted octanol–water partition coefficient (Wildman–Crippen LogP) is 1.26. The third-order valence-corrected chi connectivity index (χ3v) is 5.52. The number of ether oxygens (including phenoxy) is 1. The van der Waals surface area contributed by atoms with Gasteiger partial charge in [0.05, 0.1) is 19.3 Å². The van der Waals surface area contributed by atoms with E-state index in [-0.39, 0.29) is 30.1 Å². The third kappa shape index (κ3) is 7.37. The van der Waals surface area contributed by atoms with Crippen molar-refractivity contribution in [3.05, 3.63) is 18.0 Å². The Morgan fingerprint density at radius 1 is 1.28 bits per heavy atom. The zero-order valence-electron chi connectivity index (χ0n) is 18.4. The molecule has 0 spiro atoms. The lowest BCUT2D eigenvalue weighted by molar-refractivity contribution is -0.00807. The van der Waals surface area contributed by atoms with E-state index in [1.165, 1.54) is 26.2 Å². The molecule has 2 fully saturated rings. The highest BCUT2D eigenvalue weighted by Gasteiger charge is 2.25. The molecule has 2 aliphatic rings. The number of hydrogen-bond donors (Lipinski definition) is 1. The number of aromatic nitrogens is 2. The van der Waals surface area contributed by atoms with Crippen LogP contribution >= 0.6 is 24.0 Å². The van der Waals surface area contributed by atoms with Crippen LogP contribution in [0.25, 0.3) is 0 Å². The summed E-state index contributed by atoms with van der Waals surface area (Å²) in [6.07, 6.45) is 3.99. The van der Waals surface area contributed by atoms with Crippen LogP contribution in [0.1, 0.15) is 25.5 Å². The zero-order chi connectivity index (χ0) is 19.9. The first kappa shape index (κ1) is 24.4. The van der Waals surface area contributed by atoms with E-state index < -0.39 is 0 Å². The summed E-state index contributed by atoms with van der Waals surface area (Å²) < 4.78 is 7.81. The van der Waals surface area contributed by atoms with Crippen molar-refractivity contribution >= 4 is 29.9 Å². The van der Waals surface area contributed by atoms with Crippen LogP contribution in [0.2, 0.25) is 0 Å². The SMILES string of the molecule is CCNC(=NCC(C)CN1CCN(C)CC1)N1CCOC(c2cnn(C)c2)C1.I. The number of aliphatic imine (C=N–C) groups is 1. The number of halogens is 1. The highest BCUT2D eigenvalue weighted by atomic mass is 127. The van der Waals surface area contributed by atoms with E-state index in [1.54, 1.807) is 0 Å². The van der Waals surface area contributed by atoms with Gasteiger partial charge in [-0.05, 0) is 19.9 Å². The summed E-state index contributed by atoms with van der Waals surface area (Å²) in [5, 5.41) is 7.76. The summed E-state index contributed by atoms with van der Waals surface area (Å²) >= 11 is 0. The van der Waals surface area contributed by atoms with Crippen molar-refractivity contribution in [3.63, 3.8) is 0 Å². The van der Waals surface area contributed by atoms with Gasteiger partial charge in [-0.25, -0.2) is 0 Å². The van der Waals surface area contributed by atoms with Crippen molar-refractivity contribution in [3.8, 4) is 0 Å². The summed E-state index contributed by atoms with van der Waals surface area (Å²) in [5.41, 5.74) is 1.13. The number of morpholine rings is 1. The van der Waals surface area contributed by atoms with E-state index in [4.69, 9.17) is 9.73 Å². The Balaban J connectivity index is 0.00000300. The van der Waals surface area contributed by atoms with Crippen molar-refractivity contribution in [1.82, 2.24) is 29.8 Å². The molecule has 8 nitrogen and oxygen atoms in total. The number of hydrogen-bond acceptors (Lipinski definition) is 5. The summed E-state index contributed by atoms with van der Waals surface area (Å²) in [6, 6.07) is 0. The standard InChI is InChI=1S/C20H37N7O.HI/c1-5-21-20(22-12-17(2)14-26-8-6-24(3)7-9-26)27-10-11-28-19(16-27)18-13-23-25(4)15-18;/h13,15,17,19H,5-12,14,16H2,1-4H3,(H,21,22);1H. The number of piperazine rings is 1. The third-order valence-electron chi connectivity index (χ3n) is 5.52. The van der Waals surface area contributed by atoms with Gasteiger partial charge in [-0.2, -0.15) is 5.10 Å². The molecule has 1 aromatic heterocycles. The van der Waals surface area contributed by atoms with Crippen LogP contribution in [0.5, 0.6) is 0 Å². The first-order valence-corrected chi connectivity index (χ1v) is 10.6. The van der Waals surface area contributed by atoms with Crippen LogP contribution in [0, 0.1) is 5.92 Å². The molecule has 29 heavy (non-hydrogen) atoms. The fourth-order valence-electron chi connectivity index (χ4n) is 3.85. The second kappa shape index (κ2) is 12.1. The van der Waals surface area contributed by atoms with E-state index in [0.29, 0.717) is 12.5 Å². The maximum Gasteiger partial charge on any atom is 0.194 e. The first-order chi connectivity index (χ1) is 13.5. The Kier molecular flexibility index (Phi) is 10.1. The molecular weight excluding hydrogens is 481 g/mol. The smallest absolute Gasteiger partial charge is 0.194 e. The lowest BCUT2D eigenvalue weighted by atomic mass is 10.1. The Hall–Kier alpha value is -0.910. The van der Waals surface area contributed by atoms with Gasteiger partial charge >= 0.3 is 0 Å². The van der Waals surface area contributed by atoms with E-state index in [9.17, 15) is 0 Å². The monoisotopic (exact) mass is 519 g/mol. The summed E-state index contributed by atoms with van der Waals surface area (Å²) in [7, 11) is 4.15. The fraction of sp³-hybridized carbons (Fsp3) is 0.800. The number of guanidine groups is 1. The van der Waals surface area contributed by atoms with Gasteiger partial charge < -0.3 is 24.8 Å². The Morgan fingerprint density at radius 2 is 2.03 bits per heavy atom. The second-order valence-electron chi connectivity index (χ2n) is 8.16. The molecule has 3 heterocycles. The average molecular weight is 519 g/mol. The quantitative estimate of drug-likeness (QED) is 0.347. The molecule has 0 bridgehead atoms. The molecule has 0 amide bonds. The summed E-state index contributed by atoms with van der Waals surface area (Å²) in [4.78, 5) is 12.3. The second-order valence-corrected chi connectivity index (χ2v) is 8.16. The Bertz CT molecular complexity index is 630. The number of rotatable bonds is 6. The average Bonchev–Trinajstić information content (AvgIpc) is 3.13. The largest absolute Gasteiger partial charge is 0.370 e. The molecule has 2 saturated heterocycles. The molecule has 0 aliphatic carbocycles. The van der Waals surface area contributed by atoms with Gasteiger partial charge in [0, 0.05) is 71.2 Å². The van der Waals surface area contributed by atoms with Gasteiger partial charge in [0.15, 0.2) is 5.96 Å². The van der Waals surface area contributed by atoms with E-state index in [2.05, 4.69) is 46.0 Å². The highest BCUT2D eigenvalue weighted by molar-refractivity contribution is 14.0. The van der Waals surface area contributed by atoms with Crippen LogP contribution in [-0.2, 0) is 11.8 Å². The van der Waals surface area contributed by atoms with Crippen molar-refractivity contribution in [1.29, 1.82) is 0 Å². The topological polar surface area (TPSA) is 61.2 Å². The maximum absolute atomic E-state index is 5.98. The minimum absolute atomic E-state index is 0. The number of likely N-dealkylation sites (N-methyl/N-ethyl adjacent to an activating group) is 1. The van der Waals surface area contributed by atoms with Gasteiger partial charge in [-0.3, -0.25) is 9.67 Å². The van der Waals surface area contributed by atoms with Crippen LogP contribution < -0.4 is 5.32 Å². The van der Waals surface area contributed by atoms with E-state index in [0.717, 1.165) is 44.2 Å². The minimum atomic E-state index is 0. The molecule has 166 valence electrons. The number of nitrogens with zero attached hydrogens (tertiary/aromatic N) is 6. The molecule has 0 radical (unpaired) electrons. The van der Waals surface area contributed by atoms with Crippen LogP contribution in [0.4, 0.5) is 0 Å². The molecule has 1 N–H and O–H groups in total. The summed E-state index contributed by atoms with van der Waals surface area (Å²) in [5.74, 6) is 1.55. The van der Waals surface area contributed by atoms with Crippen LogP contribution in [0.3, 0.4) is 0 Å². The normalized spacial score (nSPS) is 23.0. The molecule has 3 rings (SSSR count).